The van der Waals surface area contributed by atoms with Crippen molar-refractivity contribution in [2.75, 3.05) is 0 Å². The monoisotopic (exact) mass is 482 g/mol. The van der Waals surface area contributed by atoms with Crippen LogP contribution in [0.15, 0.2) is 116 Å². The van der Waals surface area contributed by atoms with Crippen LogP contribution in [-0.2, 0) is 5.41 Å². The standard InChI is InChI=1S/C31H19ClN4/c32-25-17-9-16-24-26(25)22-14-7-8-15-23(22)31(24,21-12-5-2-6-13-21)28-27(20-10-3-1-4-11-20)35-29-30(36-28)34-19-18-33-29/h1-19H. The fourth-order valence-electron chi connectivity index (χ4n) is 5.53. The molecule has 2 heterocycles. The minimum Gasteiger partial charge on any atom is -0.232 e. The number of halogens is 1. The van der Waals surface area contributed by atoms with Gasteiger partial charge in [0.05, 0.1) is 16.8 Å². The Hall–Kier alpha value is -4.41. The Morgan fingerprint density at radius 1 is 0.583 bits per heavy atom. The Kier molecular flexibility index (Phi) is 4.69. The van der Waals surface area contributed by atoms with Gasteiger partial charge in [-0.3, -0.25) is 0 Å². The lowest BCUT2D eigenvalue weighted by molar-refractivity contribution is 0.735. The predicted octanol–water partition coefficient (Wildman–Crippen LogP) is 7.10. The summed E-state index contributed by atoms with van der Waals surface area (Å²) in [5.41, 5.74) is 8.24. The molecule has 4 aromatic carbocycles. The van der Waals surface area contributed by atoms with Gasteiger partial charge >= 0.3 is 0 Å². The summed E-state index contributed by atoms with van der Waals surface area (Å²) in [5, 5.41) is 0.715. The summed E-state index contributed by atoms with van der Waals surface area (Å²) in [5.74, 6) is 0. The van der Waals surface area contributed by atoms with E-state index in [9.17, 15) is 0 Å². The minimum atomic E-state index is -0.748. The maximum absolute atomic E-state index is 6.89. The number of fused-ring (bicyclic) bond motifs is 4. The first-order valence-electron chi connectivity index (χ1n) is 11.8. The zero-order chi connectivity index (χ0) is 24.1. The third-order valence-corrected chi connectivity index (χ3v) is 7.26. The van der Waals surface area contributed by atoms with Crippen LogP contribution in [0.5, 0.6) is 0 Å². The van der Waals surface area contributed by atoms with E-state index in [-0.39, 0.29) is 0 Å². The molecule has 6 aromatic rings. The van der Waals surface area contributed by atoms with Gasteiger partial charge in [-0.2, -0.15) is 0 Å². The Balaban J connectivity index is 1.72. The normalized spacial score (nSPS) is 16.0. The number of aromatic nitrogens is 4. The first kappa shape index (κ1) is 20.9. The molecule has 5 heteroatoms. The van der Waals surface area contributed by atoms with E-state index in [4.69, 9.17) is 21.6 Å². The lowest BCUT2D eigenvalue weighted by atomic mass is 9.69. The number of rotatable bonds is 3. The van der Waals surface area contributed by atoms with E-state index in [2.05, 4.69) is 76.7 Å². The van der Waals surface area contributed by atoms with Crippen LogP contribution in [0.2, 0.25) is 5.02 Å². The number of nitrogens with zero attached hydrogens (tertiary/aromatic N) is 4. The Morgan fingerprint density at radius 3 is 2.00 bits per heavy atom. The second-order valence-electron chi connectivity index (χ2n) is 8.81. The lowest BCUT2D eigenvalue weighted by Crippen LogP contribution is -2.31. The average molecular weight is 483 g/mol. The van der Waals surface area contributed by atoms with Crippen LogP contribution in [0.1, 0.15) is 22.4 Å². The van der Waals surface area contributed by atoms with E-state index in [1.54, 1.807) is 12.4 Å². The Labute approximate surface area is 213 Å². The summed E-state index contributed by atoms with van der Waals surface area (Å²) in [6.07, 6.45) is 3.31. The number of benzene rings is 4. The van der Waals surface area contributed by atoms with Gasteiger partial charge in [-0.05, 0) is 28.3 Å². The predicted molar refractivity (Wildman–Crippen MR) is 143 cm³/mol. The van der Waals surface area contributed by atoms with Gasteiger partial charge in [-0.1, -0.05) is 109 Å². The molecule has 170 valence electrons. The van der Waals surface area contributed by atoms with Gasteiger partial charge in [0, 0.05) is 28.5 Å². The van der Waals surface area contributed by atoms with E-state index >= 15 is 0 Å². The van der Waals surface area contributed by atoms with Gasteiger partial charge in [0.2, 0.25) is 0 Å². The van der Waals surface area contributed by atoms with E-state index < -0.39 is 5.41 Å². The molecule has 1 aliphatic rings. The molecule has 0 saturated heterocycles. The van der Waals surface area contributed by atoms with E-state index in [0.717, 1.165) is 44.8 Å². The zero-order valence-corrected chi connectivity index (χ0v) is 19.9. The second kappa shape index (κ2) is 8.08. The highest BCUT2D eigenvalue weighted by molar-refractivity contribution is 6.34. The molecular formula is C31H19ClN4. The summed E-state index contributed by atoms with van der Waals surface area (Å²) in [7, 11) is 0. The van der Waals surface area contributed by atoms with Gasteiger partial charge in [0.25, 0.3) is 0 Å². The van der Waals surface area contributed by atoms with E-state index in [1.165, 1.54) is 0 Å². The first-order chi connectivity index (χ1) is 17.8. The van der Waals surface area contributed by atoms with Gasteiger partial charge in [0.15, 0.2) is 11.3 Å². The second-order valence-corrected chi connectivity index (χ2v) is 9.22. The topological polar surface area (TPSA) is 51.6 Å². The SMILES string of the molecule is Clc1cccc2c1-c1ccccc1C2(c1ccccc1)c1nc2nccnc2nc1-c1ccccc1. The molecule has 0 bridgehead atoms. The molecule has 7 rings (SSSR count). The average Bonchev–Trinajstić information content (AvgIpc) is 3.25. The molecule has 36 heavy (non-hydrogen) atoms. The van der Waals surface area contributed by atoms with Crippen LogP contribution in [0.4, 0.5) is 0 Å². The third kappa shape index (κ3) is 2.88. The van der Waals surface area contributed by atoms with Gasteiger partial charge in [-0.25, -0.2) is 19.9 Å². The van der Waals surface area contributed by atoms with Crippen molar-refractivity contribution in [1.29, 1.82) is 0 Å². The van der Waals surface area contributed by atoms with E-state index in [0.29, 0.717) is 16.3 Å². The molecule has 0 amide bonds. The maximum Gasteiger partial charge on any atom is 0.198 e. The van der Waals surface area contributed by atoms with Crippen LogP contribution in [0.3, 0.4) is 0 Å². The van der Waals surface area contributed by atoms with Crippen molar-refractivity contribution in [3.8, 4) is 22.4 Å². The molecule has 0 N–H and O–H groups in total. The van der Waals surface area contributed by atoms with Crippen molar-refractivity contribution in [3.63, 3.8) is 0 Å². The van der Waals surface area contributed by atoms with Crippen LogP contribution < -0.4 is 0 Å². The van der Waals surface area contributed by atoms with Gasteiger partial charge in [0.1, 0.15) is 0 Å². The van der Waals surface area contributed by atoms with Crippen molar-refractivity contribution in [2.45, 2.75) is 5.41 Å². The fourth-order valence-corrected chi connectivity index (χ4v) is 5.81. The van der Waals surface area contributed by atoms with Crippen LogP contribution in [-0.4, -0.2) is 19.9 Å². The quantitative estimate of drug-likeness (QED) is 0.269. The number of hydrogen-bond acceptors (Lipinski definition) is 4. The van der Waals surface area contributed by atoms with Crippen LogP contribution in [0.25, 0.3) is 33.7 Å². The number of hydrogen-bond donors (Lipinski definition) is 0. The summed E-state index contributed by atoms with van der Waals surface area (Å²) in [6, 6.07) is 35.2. The van der Waals surface area contributed by atoms with Crippen molar-refractivity contribution in [2.24, 2.45) is 0 Å². The Morgan fingerprint density at radius 2 is 1.22 bits per heavy atom. The Bertz CT molecular complexity index is 1750. The van der Waals surface area contributed by atoms with Crippen LogP contribution >= 0.6 is 11.6 Å². The molecule has 0 saturated carbocycles. The van der Waals surface area contributed by atoms with Gasteiger partial charge < -0.3 is 0 Å². The molecule has 1 atom stereocenters. The maximum atomic E-state index is 6.89. The largest absolute Gasteiger partial charge is 0.232 e. The van der Waals surface area contributed by atoms with Crippen LogP contribution in [0, 0.1) is 0 Å². The fraction of sp³-hybridized carbons (Fsp3) is 0.0323. The molecule has 0 spiro atoms. The molecule has 1 unspecified atom stereocenters. The first-order valence-corrected chi connectivity index (χ1v) is 12.2. The molecule has 4 nitrogen and oxygen atoms in total. The highest BCUT2D eigenvalue weighted by atomic mass is 35.5. The smallest absolute Gasteiger partial charge is 0.198 e. The van der Waals surface area contributed by atoms with Crippen molar-refractivity contribution < 1.29 is 0 Å². The summed E-state index contributed by atoms with van der Waals surface area (Å²) >= 11 is 6.89. The highest BCUT2D eigenvalue weighted by Crippen LogP contribution is 2.58. The summed E-state index contributed by atoms with van der Waals surface area (Å²) in [6.45, 7) is 0. The van der Waals surface area contributed by atoms with Gasteiger partial charge in [-0.15, -0.1) is 0 Å². The zero-order valence-electron chi connectivity index (χ0n) is 19.1. The molecule has 1 aliphatic carbocycles. The van der Waals surface area contributed by atoms with Crippen molar-refractivity contribution in [1.82, 2.24) is 19.9 Å². The molecule has 0 radical (unpaired) electrons. The lowest BCUT2D eigenvalue weighted by Gasteiger charge is -2.33. The molecule has 2 aromatic heterocycles. The molecule has 0 fully saturated rings. The third-order valence-electron chi connectivity index (χ3n) is 6.95. The summed E-state index contributed by atoms with van der Waals surface area (Å²) in [4.78, 5) is 19.3. The summed E-state index contributed by atoms with van der Waals surface area (Å²) < 4.78 is 0. The molecule has 0 aliphatic heterocycles. The molecular weight excluding hydrogens is 464 g/mol. The minimum absolute atomic E-state index is 0.510. The highest BCUT2D eigenvalue weighted by Gasteiger charge is 2.49. The van der Waals surface area contributed by atoms with Crippen molar-refractivity contribution >= 4 is 22.9 Å². The van der Waals surface area contributed by atoms with E-state index in [1.807, 2.05) is 36.4 Å². The van der Waals surface area contributed by atoms with Crippen molar-refractivity contribution in [3.05, 3.63) is 143 Å².